The van der Waals surface area contributed by atoms with Crippen LogP contribution in [-0.4, -0.2) is 45.2 Å². The van der Waals surface area contributed by atoms with Crippen LogP contribution in [0.3, 0.4) is 0 Å². The maximum atomic E-state index is 13.2. The molecule has 1 saturated heterocycles. The largest absolute Gasteiger partial charge is 0.365 e. The molecule has 5 N–H and O–H groups in total. The molecule has 1 aromatic carbocycles. The van der Waals surface area contributed by atoms with Crippen molar-refractivity contribution in [1.82, 2.24) is 19.7 Å². The zero-order chi connectivity index (χ0) is 21.8. The molecule has 2 aromatic heterocycles. The summed E-state index contributed by atoms with van der Waals surface area (Å²) in [6.45, 7) is 2.84. The number of anilines is 2. The van der Waals surface area contributed by atoms with E-state index in [1.54, 1.807) is 29.2 Å². The van der Waals surface area contributed by atoms with Gasteiger partial charge in [0, 0.05) is 44.3 Å². The molecule has 0 atom stereocenters. The molecule has 4 rings (SSSR count). The van der Waals surface area contributed by atoms with Gasteiger partial charge < -0.3 is 16.8 Å². The van der Waals surface area contributed by atoms with E-state index in [0.29, 0.717) is 18.1 Å². The van der Waals surface area contributed by atoms with Crippen LogP contribution in [0.1, 0.15) is 28.9 Å². The van der Waals surface area contributed by atoms with Crippen molar-refractivity contribution in [3.63, 3.8) is 0 Å². The minimum absolute atomic E-state index is 0.271. The van der Waals surface area contributed by atoms with Gasteiger partial charge in [0.15, 0.2) is 5.82 Å². The van der Waals surface area contributed by atoms with E-state index in [4.69, 9.17) is 11.5 Å². The predicted molar refractivity (Wildman–Crippen MR) is 116 cm³/mol. The Labute approximate surface area is 180 Å². The van der Waals surface area contributed by atoms with E-state index in [-0.39, 0.29) is 11.4 Å². The van der Waals surface area contributed by atoms with E-state index in [2.05, 4.69) is 20.3 Å². The van der Waals surface area contributed by atoms with E-state index >= 15 is 0 Å². The molecule has 1 aliphatic heterocycles. The number of amides is 1. The SMILES string of the molecule is NCC1(n2cc(C(N)=O)c(Nc3ccc(F)cc3)n2)CCN(Cc2ccccn2)CC1. The van der Waals surface area contributed by atoms with Crippen molar-refractivity contribution < 1.29 is 9.18 Å². The van der Waals surface area contributed by atoms with Gasteiger partial charge in [0.05, 0.1) is 11.2 Å². The van der Waals surface area contributed by atoms with Crippen molar-refractivity contribution in [2.24, 2.45) is 11.5 Å². The zero-order valence-corrected chi connectivity index (χ0v) is 17.2. The molecule has 162 valence electrons. The van der Waals surface area contributed by atoms with Crippen LogP contribution in [0.25, 0.3) is 0 Å². The number of hydrogen-bond acceptors (Lipinski definition) is 6. The van der Waals surface area contributed by atoms with Gasteiger partial charge in [0.1, 0.15) is 11.4 Å². The summed E-state index contributed by atoms with van der Waals surface area (Å²) in [6.07, 6.45) is 5.03. The maximum Gasteiger partial charge on any atom is 0.254 e. The lowest BCUT2D eigenvalue weighted by Gasteiger charge is -2.41. The minimum Gasteiger partial charge on any atom is -0.365 e. The summed E-state index contributed by atoms with van der Waals surface area (Å²) < 4.78 is 15.0. The molecule has 1 fully saturated rings. The molecule has 1 amide bonds. The topological polar surface area (TPSA) is 115 Å². The third kappa shape index (κ3) is 4.57. The number of nitrogens with one attached hydrogen (secondary N) is 1. The summed E-state index contributed by atoms with van der Waals surface area (Å²) in [7, 11) is 0. The number of carbonyl (C=O) groups is 1. The van der Waals surface area contributed by atoms with Crippen molar-refractivity contribution in [1.29, 1.82) is 0 Å². The molecule has 1 aliphatic rings. The average Bonchev–Trinajstić information content (AvgIpc) is 3.21. The van der Waals surface area contributed by atoms with Crippen LogP contribution in [0.5, 0.6) is 0 Å². The first kappa shape index (κ1) is 21.0. The highest BCUT2D eigenvalue weighted by Gasteiger charge is 2.37. The van der Waals surface area contributed by atoms with Crippen LogP contribution in [0.4, 0.5) is 15.9 Å². The molecular formula is C22H26FN7O. The lowest BCUT2D eigenvalue weighted by molar-refractivity contribution is 0.0980. The second kappa shape index (κ2) is 8.83. The number of piperidine rings is 1. The van der Waals surface area contributed by atoms with Crippen molar-refractivity contribution in [2.75, 3.05) is 25.0 Å². The third-order valence-corrected chi connectivity index (χ3v) is 5.85. The number of rotatable bonds is 7. The van der Waals surface area contributed by atoms with E-state index in [1.807, 2.05) is 18.2 Å². The highest BCUT2D eigenvalue weighted by Crippen LogP contribution is 2.32. The van der Waals surface area contributed by atoms with Crippen LogP contribution in [-0.2, 0) is 12.1 Å². The number of benzene rings is 1. The summed E-state index contributed by atoms with van der Waals surface area (Å²) in [5.74, 6) is -0.593. The number of nitrogens with two attached hydrogens (primary N) is 2. The van der Waals surface area contributed by atoms with Crippen molar-refractivity contribution in [2.45, 2.75) is 24.9 Å². The normalized spacial score (nSPS) is 16.2. The summed E-state index contributed by atoms with van der Waals surface area (Å²) in [5.41, 5.74) is 13.3. The standard InChI is InChI=1S/C22H26FN7O/c23-16-4-6-17(7-5-16)27-21-19(20(25)31)14-30(28-21)22(15-24)8-11-29(12-9-22)13-18-3-1-2-10-26-18/h1-7,10,14H,8-9,11-13,15,24H2,(H2,25,31)(H,27,28). The third-order valence-electron chi connectivity index (χ3n) is 5.85. The van der Waals surface area contributed by atoms with Crippen molar-refractivity contribution >= 4 is 17.4 Å². The van der Waals surface area contributed by atoms with Gasteiger partial charge in [0.2, 0.25) is 0 Å². The lowest BCUT2D eigenvalue weighted by atomic mass is 9.87. The zero-order valence-electron chi connectivity index (χ0n) is 17.2. The molecule has 0 unspecified atom stereocenters. The van der Waals surface area contributed by atoms with E-state index in [1.165, 1.54) is 12.1 Å². The van der Waals surface area contributed by atoms with Gasteiger partial charge in [-0.15, -0.1) is 0 Å². The van der Waals surface area contributed by atoms with Crippen LogP contribution < -0.4 is 16.8 Å². The number of primary amides is 1. The Morgan fingerprint density at radius 1 is 1.16 bits per heavy atom. The molecule has 3 heterocycles. The molecule has 8 nitrogen and oxygen atoms in total. The summed E-state index contributed by atoms with van der Waals surface area (Å²) in [4.78, 5) is 18.8. The van der Waals surface area contributed by atoms with Crippen molar-refractivity contribution in [3.8, 4) is 0 Å². The van der Waals surface area contributed by atoms with Crippen molar-refractivity contribution in [3.05, 3.63) is 71.9 Å². The molecule has 9 heteroatoms. The molecule has 0 saturated carbocycles. The Hall–Kier alpha value is -3.30. The highest BCUT2D eigenvalue weighted by atomic mass is 19.1. The Kier molecular flexibility index (Phi) is 5.97. The Bertz CT molecular complexity index is 1030. The summed E-state index contributed by atoms with van der Waals surface area (Å²) in [5, 5.41) is 7.69. The lowest BCUT2D eigenvalue weighted by Crippen LogP contribution is -2.50. The monoisotopic (exact) mass is 423 g/mol. The molecular weight excluding hydrogens is 397 g/mol. The quantitative estimate of drug-likeness (QED) is 0.537. The Morgan fingerprint density at radius 2 is 1.90 bits per heavy atom. The van der Waals surface area contributed by atoms with Gasteiger partial charge in [-0.2, -0.15) is 5.10 Å². The summed E-state index contributed by atoms with van der Waals surface area (Å²) in [6, 6.07) is 11.7. The number of halogens is 1. The molecule has 3 aromatic rings. The van der Waals surface area contributed by atoms with E-state index < -0.39 is 11.4 Å². The van der Waals surface area contributed by atoms with Gasteiger partial charge in [-0.05, 0) is 49.2 Å². The predicted octanol–water partition coefficient (Wildman–Crippen LogP) is 2.21. The van der Waals surface area contributed by atoms with Gasteiger partial charge in [-0.25, -0.2) is 4.39 Å². The van der Waals surface area contributed by atoms with E-state index in [9.17, 15) is 9.18 Å². The fourth-order valence-corrected chi connectivity index (χ4v) is 3.93. The van der Waals surface area contributed by atoms with Crippen LogP contribution in [0.15, 0.2) is 54.9 Å². The number of nitrogens with zero attached hydrogens (tertiary/aromatic N) is 4. The second-order valence-corrected chi connectivity index (χ2v) is 7.86. The Morgan fingerprint density at radius 3 is 2.52 bits per heavy atom. The van der Waals surface area contributed by atoms with Crippen LogP contribution in [0, 0.1) is 5.82 Å². The number of likely N-dealkylation sites (tertiary alicyclic amines) is 1. The molecule has 31 heavy (non-hydrogen) atoms. The number of pyridine rings is 1. The van der Waals surface area contributed by atoms with E-state index in [0.717, 1.165) is 38.2 Å². The fourth-order valence-electron chi connectivity index (χ4n) is 3.93. The van der Waals surface area contributed by atoms with Crippen LogP contribution >= 0.6 is 0 Å². The first-order valence-electron chi connectivity index (χ1n) is 10.2. The van der Waals surface area contributed by atoms with Gasteiger partial charge in [-0.1, -0.05) is 6.07 Å². The summed E-state index contributed by atoms with van der Waals surface area (Å²) >= 11 is 0. The molecule has 0 bridgehead atoms. The molecule has 0 aliphatic carbocycles. The maximum absolute atomic E-state index is 13.2. The average molecular weight is 423 g/mol. The fraction of sp³-hybridized carbons (Fsp3) is 0.318. The smallest absolute Gasteiger partial charge is 0.254 e. The number of hydrogen-bond donors (Lipinski definition) is 3. The Balaban J connectivity index is 1.53. The number of aromatic nitrogens is 3. The van der Waals surface area contributed by atoms with Gasteiger partial charge in [-0.3, -0.25) is 19.4 Å². The van der Waals surface area contributed by atoms with Gasteiger partial charge in [0.25, 0.3) is 5.91 Å². The minimum atomic E-state index is -0.587. The first-order chi connectivity index (χ1) is 15.0. The van der Waals surface area contributed by atoms with Crippen LogP contribution in [0.2, 0.25) is 0 Å². The highest BCUT2D eigenvalue weighted by molar-refractivity contribution is 5.98. The second-order valence-electron chi connectivity index (χ2n) is 7.86. The molecule has 0 spiro atoms. The van der Waals surface area contributed by atoms with Gasteiger partial charge >= 0.3 is 0 Å². The number of carbonyl (C=O) groups excluding carboxylic acids is 1. The molecule has 0 radical (unpaired) electrons. The first-order valence-corrected chi connectivity index (χ1v) is 10.2.